The molecule has 3 rings (SSSR count). The first-order chi connectivity index (χ1) is 15.5. The summed E-state index contributed by atoms with van der Waals surface area (Å²) in [6.45, 7) is 0.813. The molecule has 1 atom stereocenters. The fourth-order valence-corrected chi connectivity index (χ4v) is 3.52. The lowest BCUT2D eigenvalue weighted by Gasteiger charge is -2.34. The molecule has 8 nitrogen and oxygen atoms in total. The van der Waals surface area contributed by atoms with E-state index in [4.69, 9.17) is 4.74 Å². The summed E-state index contributed by atoms with van der Waals surface area (Å²) in [5.74, 6) is -1.82. The first-order valence-corrected chi connectivity index (χ1v) is 10.5. The number of piperazine rings is 1. The number of esters is 2. The van der Waals surface area contributed by atoms with Crippen LogP contribution in [0.5, 0.6) is 0 Å². The number of hydrogen-bond acceptors (Lipinski definition) is 6. The molecule has 0 radical (unpaired) electrons. The van der Waals surface area contributed by atoms with Gasteiger partial charge in [0.2, 0.25) is 5.91 Å². The summed E-state index contributed by atoms with van der Waals surface area (Å²) in [4.78, 5) is 50.7. The van der Waals surface area contributed by atoms with Gasteiger partial charge in [0.1, 0.15) is 6.04 Å². The second-order valence-corrected chi connectivity index (χ2v) is 7.39. The Morgan fingerprint density at radius 3 is 2.41 bits per heavy atom. The van der Waals surface area contributed by atoms with Crippen LogP contribution in [0.15, 0.2) is 54.6 Å². The average molecular weight is 438 g/mol. The van der Waals surface area contributed by atoms with E-state index in [1.165, 1.54) is 36.3 Å². The molecule has 0 bridgehead atoms. The van der Waals surface area contributed by atoms with Crippen LogP contribution in [0.4, 0.5) is 0 Å². The van der Waals surface area contributed by atoms with Gasteiger partial charge in [0.15, 0.2) is 0 Å². The van der Waals surface area contributed by atoms with Crippen molar-refractivity contribution in [1.29, 1.82) is 0 Å². The van der Waals surface area contributed by atoms with Crippen molar-refractivity contribution in [2.24, 2.45) is 0 Å². The van der Waals surface area contributed by atoms with Crippen molar-refractivity contribution in [2.45, 2.75) is 25.3 Å². The number of carbonyl (C=O) groups excluding carboxylic acids is 4. The molecule has 1 saturated heterocycles. The molecule has 1 fully saturated rings. The van der Waals surface area contributed by atoms with Crippen molar-refractivity contribution < 1.29 is 28.7 Å². The van der Waals surface area contributed by atoms with Gasteiger partial charge in [-0.05, 0) is 42.7 Å². The summed E-state index contributed by atoms with van der Waals surface area (Å²) in [5, 5.41) is 2.69. The van der Waals surface area contributed by atoms with Crippen LogP contribution in [0.3, 0.4) is 0 Å². The Balaban J connectivity index is 1.57. The van der Waals surface area contributed by atoms with Gasteiger partial charge in [-0.2, -0.15) is 0 Å². The molecule has 1 unspecified atom stereocenters. The van der Waals surface area contributed by atoms with Crippen molar-refractivity contribution in [3.63, 3.8) is 0 Å². The zero-order valence-corrected chi connectivity index (χ0v) is 17.9. The van der Waals surface area contributed by atoms with Gasteiger partial charge in [0, 0.05) is 18.7 Å². The Hall–Kier alpha value is -3.68. The number of aryl methyl sites for hydroxylation is 1. The lowest BCUT2D eigenvalue weighted by molar-refractivity contribution is -0.147. The summed E-state index contributed by atoms with van der Waals surface area (Å²) in [5.41, 5.74) is 1.79. The minimum Gasteiger partial charge on any atom is -0.466 e. The molecule has 1 aliphatic rings. The summed E-state index contributed by atoms with van der Waals surface area (Å²) in [6, 6.07) is 14.9. The zero-order valence-electron chi connectivity index (χ0n) is 17.9. The molecule has 2 amide bonds. The number of benzene rings is 2. The zero-order chi connectivity index (χ0) is 22.9. The predicted molar refractivity (Wildman–Crippen MR) is 116 cm³/mol. The van der Waals surface area contributed by atoms with Crippen LogP contribution in [0, 0.1) is 0 Å². The Labute approximate surface area is 186 Å². The molecule has 2 aromatic carbocycles. The third-order valence-corrected chi connectivity index (χ3v) is 5.22. The van der Waals surface area contributed by atoms with Crippen molar-refractivity contribution in [2.75, 3.05) is 26.8 Å². The van der Waals surface area contributed by atoms with Gasteiger partial charge in [-0.25, -0.2) is 4.79 Å². The molecule has 0 spiro atoms. The standard InChI is InChI=1S/C24H26N2O6/c1-31-24(30)19-11-9-18(10-12-19)23(29)26-14-13-25-22(28)20(26)16-21(27)32-15-5-8-17-6-3-2-4-7-17/h2-4,6-7,9-12,20H,5,8,13-16H2,1H3,(H,25,28). The smallest absolute Gasteiger partial charge is 0.337 e. The number of carbonyl (C=O) groups is 4. The van der Waals surface area contributed by atoms with Crippen molar-refractivity contribution in [1.82, 2.24) is 10.2 Å². The number of nitrogens with one attached hydrogen (secondary N) is 1. The number of ether oxygens (including phenoxy) is 2. The highest BCUT2D eigenvalue weighted by molar-refractivity contribution is 6.00. The lowest BCUT2D eigenvalue weighted by Crippen LogP contribution is -2.57. The summed E-state index contributed by atoms with van der Waals surface area (Å²) in [7, 11) is 1.28. The van der Waals surface area contributed by atoms with Gasteiger partial charge in [-0.1, -0.05) is 30.3 Å². The SMILES string of the molecule is COC(=O)c1ccc(C(=O)N2CCNC(=O)C2CC(=O)OCCCc2ccccc2)cc1. The maximum atomic E-state index is 13.0. The Morgan fingerprint density at radius 2 is 1.72 bits per heavy atom. The number of methoxy groups -OCH3 is 1. The van der Waals surface area contributed by atoms with E-state index in [1.54, 1.807) is 0 Å². The molecule has 1 N–H and O–H groups in total. The van der Waals surface area contributed by atoms with Crippen molar-refractivity contribution in [3.05, 3.63) is 71.3 Å². The highest BCUT2D eigenvalue weighted by Crippen LogP contribution is 2.16. The number of rotatable bonds is 8. The largest absolute Gasteiger partial charge is 0.466 e. The summed E-state index contributed by atoms with van der Waals surface area (Å²) >= 11 is 0. The molecule has 8 heteroatoms. The molecule has 0 aliphatic carbocycles. The highest BCUT2D eigenvalue weighted by atomic mass is 16.5. The Morgan fingerprint density at radius 1 is 1.03 bits per heavy atom. The monoisotopic (exact) mass is 438 g/mol. The van der Waals surface area contributed by atoms with Gasteiger partial charge in [0.05, 0.1) is 25.7 Å². The van der Waals surface area contributed by atoms with Crippen LogP contribution >= 0.6 is 0 Å². The second kappa shape index (κ2) is 11.1. The minimum atomic E-state index is -0.946. The van der Waals surface area contributed by atoms with Gasteiger partial charge in [0.25, 0.3) is 5.91 Å². The summed E-state index contributed by atoms with van der Waals surface area (Å²) < 4.78 is 9.95. The molecule has 32 heavy (non-hydrogen) atoms. The van der Waals surface area contributed by atoms with E-state index in [0.29, 0.717) is 24.1 Å². The molecular formula is C24H26N2O6. The average Bonchev–Trinajstić information content (AvgIpc) is 2.83. The molecule has 1 heterocycles. The van der Waals surface area contributed by atoms with Crippen LogP contribution in [0.1, 0.15) is 39.1 Å². The predicted octanol–water partition coefficient (Wildman–Crippen LogP) is 1.98. The maximum absolute atomic E-state index is 13.0. The van der Waals surface area contributed by atoms with Crippen LogP contribution in [0.25, 0.3) is 0 Å². The Bertz CT molecular complexity index is 958. The molecule has 1 aliphatic heterocycles. The first kappa shape index (κ1) is 23.0. The van der Waals surface area contributed by atoms with E-state index in [9.17, 15) is 19.2 Å². The van der Waals surface area contributed by atoms with E-state index in [2.05, 4.69) is 10.1 Å². The fraction of sp³-hybridized carbons (Fsp3) is 0.333. The molecule has 168 valence electrons. The van der Waals surface area contributed by atoms with E-state index < -0.39 is 29.8 Å². The third kappa shape index (κ3) is 5.94. The molecular weight excluding hydrogens is 412 g/mol. The van der Waals surface area contributed by atoms with Gasteiger partial charge in [-0.15, -0.1) is 0 Å². The Kier molecular flexibility index (Phi) is 7.96. The molecule has 2 aromatic rings. The van der Waals surface area contributed by atoms with E-state index in [1.807, 2.05) is 30.3 Å². The van der Waals surface area contributed by atoms with Crippen LogP contribution in [-0.2, 0) is 25.5 Å². The topological polar surface area (TPSA) is 102 Å². The number of hydrogen-bond donors (Lipinski definition) is 1. The van der Waals surface area contributed by atoms with Crippen molar-refractivity contribution >= 4 is 23.8 Å². The maximum Gasteiger partial charge on any atom is 0.337 e. The van der Waals surface area contributed by atoms with E-state index in [-0.39, 0.29) is 19.6 Å². The first-order valence-electron chi connectivity index (χ1n) is 10.5. The van der Waals surface area contributed by atoms with Gasteiger partial charge < -0.3 is 19.7 Å². The lowest BCUT2D eigenvalue weighted by atomic mass is 10.1. The van der Waals surface area contributed by atoms with Gasteiger partial charge >= 0.3 is 11.9 Å². The van der Waals surface area contributed by atoms with E-state index in [0.717, 1.165) is 12.0 Å². The molecule has 0 aromatic heterocycles. The highest BCUT2D eigenvalue weighted by Gasteiger charge is 2.35. The third-order valence-electron chi connectivity index (χ3n) is 5.22. The summed E-state index contributed by atoms with van der Waals surface area (Å²) in [6.07, 6.45) is 1.23. The van der Waals surface area contributed by atoms with Crippen LogP contribution < -0.4 is 5.32 Å². The molecule has 0 saturated carbocycles. The van der Waals surface area contributed by atoms with E-state index >= 15 is 0 Å². The van der Waals surface area contributed by atoms with Crippen LogP contribution in [-0.4, -0.2) is 61.5 Å². The quantitative estimate of drug-likeness (QED) is 0.500. The number of nitrogens with zero attached hydrogens (tertiary/aromatic N) is 1. The van der Waals surface area contributed by atoms with Crippen LogP contribution in [0.2, 0.25) is 0 Å². The second-order valence-electron chi connectivity index (χ2n) is 7.39. The minimum absolute atomic E-state index is 0.219. The normalized spacial score (nSPS) is 15.6. The van der Waals surface area contributed by atoms with Crippen molar-refractivity contribution in [3.8, 4) is 0 Å². The number of amides is 2. The van der Waals surface area contributed by atoms with Gasteiger partial charge in [-0.3, -0.25) is 14.4 Å². The fourth-order valence-electron chi connectivity index (χ4n) is 3.52.